The van der Waals surface area contributed by atoms with Gasteiger partial charge < -0.3 is 18.9 Å². The SMILES string of the molecule is CC(=O)OCOC(=O)CCCCC(=O)OCOC(=O)C(F)(F)F. The van der Waals surface area contributed by atoms with Crippen LogP contribution >= 0.6 is 0 Å². The van der Waals surface area contributed by atoms with E-state index in [4.69, 9.17) is 0 Å². The molecule has 0 fully saturated rings. The quantitative estimate of drug-likeness (QED) is 0.349. The number of halogens is 3. The minimum absolute atomic E-state index is 0.0440. The van der Waals surface area contributed by atoms with Crippen LogP contribution in [0.15, 0.2) is 0 Å². The maximum Gasteiger partial charge on any atom is 0.491 e. The van der Waals surface area contributed by atoms with E-state index in [9.17, 15) is 32.3 Å². The predicted molar refractivity (Wildman–Crippen MR) is 64.3 cm³/mol. The molecule has 8 nitrogen and oxygen atoms in total. The van der Waals surface area contributed by atoms with E-state index >= 15 is 0 Å². The second kappa shape index (κ2) is 10.4. The predicted octanol–water partition coefficient (Wildman–Crippen LogP) is 1.22. The Kier molecular flexibility index (Phi) is 9.35. The molecule has 0 radical (unpaired) electrons. The summed E-state index contributed by atoms with van der Waals surface area (Å²) in [6.45, 7) is -0.492. The maximum atomic E-state index is 11.7. The molecule has 0 aliphatic heterocycles. The molecule has 0 aliphatic rings. The van der Waals surface area contributed by atoms with Crippen molar-refractivity contribution in [1.29, 1.82) is 0 Å². The molecule has 132 valence electrons. The maximum absolute atomic E-state index is 11.7. The van der Waals surface area contributed by atoms with Crippen molar-refractivity contribution < 1.29 is 51.3 Å². The third-order valence-electron chi connectivity index (χ3n) is 2.14. The van der Waals surface area contributed by atoms with E-state index in [1.54, 1.807) is 0 Å². The lowest BCUT2D eigenvalue weighted by Gasteiger charge is -2.08. The van der Waals surface area contributed by atoms with Gasteiger partial charge in [-0.25, -0.2) is 4.79 Å². The van der Waals surface area contributed by atoms with Gasteiger partial charge in [0.05, 0.1) is 0 Å². The van der Waals surface area contributed by atoms with E-state index in [-0.39, 0.29) is 25.7 Å². The van der Waals surface area contributed by atoms with E-state index in [0.717, 1.165) is 6.92 Å². The van der Waals surface area contributed by atoms with Gasteiger partial charge in [-0.1, -0.05) is 0 Å². The third kappa shape index (κ3) is 12.0. The molecule has 0 saturated heterocycles. The first-order chi connectivity index (χ1) is 10.6. The van der Waals surface area contributed by atoms with Crippen LogP contribution in [0.25, 0.3) is 0 Å². The zero-order valence-corrected chi connectivity index (χ0v) is 12.1. The zero-order chi connectivity index (χ0) is 17.9. The highest BCUT2D eigenvalue weighted by molar-refractivity contribution is 5.75. The van der Waals surface area contributed by atoms with Gasteiger partial charge in [-0.2, -0.15) is 13.2 Å². The molecule has 0 rings (SSSR count). The van der Waals surface area contributed by atoms with Gasteiger partial charge in [0.25, 0.3) is 0 Å². The molecular weight excluding hydrogens is 329 g/mol. The van der Waals surface area contributed by atoms with Crippen LogP contribution in [-0.4, -0.2) is 43.6 Å². The summed E-state index contributed by atoms with van der Waals surface area (Å²) in [5.74, 6) is -4.58. The normalized spacial score (nSPS) is 10.6. The Balaban J connectivity index is 3.62. The number of rotatable bonds is 9. The second-order valence-electron chi connectivity index (χ2n) is 4.04. The molecule has 0 spiro atoms. The van der Waals surface area contributed by atoms with E-state index in [0.29, 0.717) is 0 Å². The Labute approximate surface area is 128 Å². The van der Waals surface area contributed by atoms with E-state index < -0.39 is 43.6 Å². The van der Waals surface area contributed by atoms with Crippen molar-refractivity contribution >= 4 is 23.9 Å². The zero-order valence-electron chi connectivity index (χ0n) is 12.1. The minimum atomic E-state index is -5.15. The average molecular weight is 344 g/mol. The summed E-state index contributed by atoms with van der Waals surface area (Å²) in [7, 11) is 0. The Morgan fingerprint density at radius 3 is 1.61 bits per heavy atom. The number of hydrogen-bond acceptors (Lipinski definition) is 8. The molecule has 0 unspecified atom stereocenters. The van der Waals surface area contributed by atoms with E-state index in [2.05, 4.69) is 18.9 Å². The third-order valence-corrected chi connectivity index (χ3v) is 2.14. The number of esters is 4. The first-order valence-electron chi connectivity index (χ1n) is 6.31. The van der Waals surface area contributed by atoms with Gasteiger partial charge in [0, 0.05) is 19.8 Å². The fourth-order valence-electron chi connectivity index (χ4n) is 1.09. The van der Waals surface area contributed by atoms with Crippen LogP contribution in [0, 0.1) is 0 Å². The molecule has 0 saturated carbocycles. The number of carbonyl (C=O) groups excluding carboxylic acids is 4. The summed E-state index contributed by atoms with van der Waals surface area (Å²) in [5, 5.41) is 0. The highest BCUT2D eigenvalue weighted by Crippen LogP contribution is 2.16. The lowest BCUT2D eigenvalue weighted by molar-refractivity contribution is -0.210. The number of ether oxygens (including phenoxy) is 4. The summed E-state index contributed by atoms with van der Waals surface area (Å²) in [6.07, 6.45) is -4.93. The topological polar surface area (TPSA) is 105 Å². The summed E-state index contributed by atoms with van der Waals surface area (Å²) >= 11 is 0. The van der Waals surface area contributed by atoms with Crippen molar-refractivity contribution in [3.63, 3.8) is 0 Å². The van der Waals surface area contributed by atoms with Crippen molar-refractivity contribution in [2.75, 3.05) is 13.6 Å². The van der Waals surface area contributed by atoms with Gasteiger partial charge >= 0.3 is 30.1 Å². The lowest BCUT2D eigenvalue weighted by Crippen LogP contribution is -2.26. The fourth-order valence-corrected chi connectivity index (χ4v) is 1.09. The monoisotopic (exact) mass is 344 g/mol. The van der Waals surface area contributed by atoms with Gasteiger partial charge in [-0.15, -0.1) is 0 Å². The standard InChI is InChI=1S/C12H15F3O8/c1-8(16)20-6-21-9(17)4-2-3-5-10(18)22-7-23-11(19)12(13,14)15/h2-7H2,1H3. The van der Waals surface area contributed by atoms with E-state index in [1.807, 2.05) is 0 Å². The highest BCUT2D eigenvalue weighted by atomic mass is 19.4. The Morgan fingerprint density at radius 1 is 0.783 bits per heavy atom. The van der Waals surface area contributed by atoms with E-state index in [1.165, 1.54) is 0 Å². The van der Waals surface area contributed by atoms with Crippen LogP contribution < -0.4 is 0 Å². The van der Waals surface area contributed by atoms with Gasteiger partial charge in [0.1, 0.15) is 0 Å². The average Bonchev–Trinajstić information content (AvgIpc) is 2.42. The molecule has 0 N–H and O–H groups in total. The Hall–Kier alpha value is -2.33. The van der Waals surface area contributed by atoms with Gasteiger partial charge in [0.2, 0.25) is 13.6 Å². The second-order valence-corrected chi connectivity index (χ2v) is 4.04. The van der Waals surface area contributed by atoms with Crippen molar-refractivity contribution in [1.82, 2.24) is 0 Å². The smallest absolute Gasteiger partial charge is 0.428 e. The first-order valence-corrected chi connectivity index (χ1v) is 6.31. The number of hydrogen-bond donors (Lipinski definition) is 0. The molecule has 0 aliphatic carbocycles. The molecule has 0 aromatic rings. The number of alkyl halides is 3. The van der Waals surface area contributed by atoms with Gasteiger partial charge in [-0.3, -0.25) is 14.4 Å². The fraction of sp³-hybridized carbons (Fsp3) is 0.667. The van der Waals surface area contributed by atoms with Crippen LogP contribution in [0.4, 0.5) is 13.2 Å². The molecule has 11 heteroatoms. The first kappa shape index (κ1) is 20.7. The van der Waals surface area contributed by atoms with Crippen LogP contribution in [0.3, 0.4) is 0 Å². The van der Waals surface area contributed by atoms with Gasteiger partial charge in [0.15, 0.2) is 0 Å². The largest absolute Gasteiger partial charge is 0.491 e. The molecule has 0 heterocycles. The molecule has 0 aromatic heterocycles. The van der Waals surface area contributed by atoms with Crippen molar-refractivity contribution in [2.45, 2.75) is 38.8 Å². The molecule has 0 bridgehead atoms. The minimum Gasteiger partial charge on any atom is -0.428 e. The van der Waals surface area contributed by atoms with Crippen LogP contribution in [0.5, 0.6) is 0 Å². The number of unbranched alkanes of at least 4 members (excludes halogenated alkanes) is 1. The Morgan fingerprint density at radius 2 is 1.22 bits per heavy atom. The summed E-state index contributed by atoms with van der Waals surface area (Å²) in [5.41, 5.74) is 0. The van der Waals surface area contributed by atoms with Gasteiger partial charge in [-0.05, 0) is 12.8 Å². The summed E-state index contributed by atoms with van der Waals surface area (Å²) in [4.78, 5) is 42.9. The Bertz CT molecular complexity index is 433. The number of carbonyl (C=O) groups is 4. The lowest BCUT2D eigenvalue weighted by atomic mass is 10.2. The van der Waals surface area contributed by atoms with Crippen LogP contribution in [-0.2, 0) is 38.1 Å². The summed E-state index contributed by atoms with van der Waals surface area (Å²) in [6, 6.07) is 0. The van der Waals surface area contributed by atoms with Crippen LogP contribution in [0.2, 0.25) is 0 Å². The van der Waals surface area contributed by atoms with Crippen molar-refractivity contribution in [3.8, 4) is 0 Å². The molecular formula is C12H15F3O8. The molecule has 0 atom stereocenters. The summed E-state index contributed by atoms with van der Waals surface area (Å²) < 4.78 is 52.0. The van der Waals surface area contributed by atoms with Crippen molar-refractivity contribution in [2.24, 2.45) is 0 Å². The van der Waals surface area contributed by atoms with Crippen LogP contribution in [0.1, 0.15) is 32.6 Å². The molecule has 0 aromatic carbocycles. The highest BCUT2D eigenvalue weighted by Gasteiger charge is 2.41. The molecule has 0 amide bonds. The molecule has 23 heavy (non-hydrogen) atoms. The van der Waals surface area contributed by atoms with Crippen molar-refractivity contribution in [3.05, 3.63) is 0 Å².